The van der Waals surface area contributed by atoms with Gasteiger partial charge in [0.2, 0.25) is 5.95 Å². The Hall–Kier alpha value is -2.18. The molecule has 3 aromatic rings. The van der Waals surface area contributed by atoms with Crippen LogP contribution in [-0.2, 0) is 10.0 Å². The number of anilines is 1. The van der Waals surface area contributed by atoms with Gasteiger partial charge in [0, 0.05) is 5.69 Å². The molecule has 5 nitrogen and oxygen atoms in total. The van der Waals surface area contributed by atoms with Crippen molar-refractivity contribution in [1.29, 1.82) is 0 Å². The molecule has 0 saturated heterocycles. The van der Waals surface area contributed by atoms with Crippen LogP contribution in [0.25, 0.3) is 10.8 Å². The maximum Gasteiger partial charge on any atom is 0.264 e. The van der Waals surface area contributed by atoms with Crippen molar-refractivity contribution in [3.63, 3.8) is 0 Å². The number of aromatic nitrogens is 2. The highest BCUT2D eigenvalue weighted by atomic mass is 35.5. The molecule has 0 spiro atoms. The summed E-state index contributed by atoms with van der Waals surface area (Å²) < 4.78 is 27.2. The number of halogens is 1. The van der Waals surface area contributed by atoms with Gasteiger partial charge in [0.1, 0.15) is 5.15 Å². The molecular formula is C15H12ClN3O2S. The van der Waals surface area contributed by atoms with Crippen molar-refractivity contribution >= 4 is 38.3 Å². The van der Waals surface area contributed by atoms with Crippen LogP contribution in [0.1, 0.15) is 5.69 Å². The summed E-state index contributed by atoms with van der Waals surface area (Å²) >= 11 is 5.82. The Kier molecular flexibility index (Phi) is 3.72. The summed E-state index contributed by atoms with van der Waals surface area (Å²) in [4.78, 5) is 8.04. The van der Waals surface area contributed by atoms with Gasteiger partial charge >= 0.3 is 0 Å². The Bertz CT molecular complexity index is 938. The Morgan fingerprint density at radius 1 is 1.00 bits per heavy atom. The standard InChI is InChI=1S/C15H12ClN3O2S/c1-10-8-14(16)18-15(17-10)19-22(20,21)13-7-6-11-4-2-3-5-12(11)9-13/h2-9H,1H3,(H,17,18,19). The number of nitrogens with one attached hydrogen (secondary N) is 1. The Morgan fingerprint density at radius 2 is 1.73 bits per heavy atom. The lowest BCUT2D eigenvalue weighted by atomic mass is 10.1. The quantitative estimate of drug-likeness (QED) is 0.746. The normalized spacial score (nSPS) is 11.5. The Morgan fingerprint density at radius 3 is 2.45 bits per heavy atom. The Labute approximate surface area is 133 Å². The van der Waals surface area contributed by atoms with Gasteiger partial charge in [-0.3, -0.25) is 0 Å². The summed E-state index contributed by atoms with van der Waals surface area (Å²) in [5.41, 5.74) is 0.580. The van der Waals surface area contributed by atoms with E-state index < -0.39 is 10.0 Å². The summed E-state index contributed by atoms with van der Waals surface area (Å²) in [5.74, 6) is -0.0434. The van der Waals surface area contributed by atoms with Crippen LogP contribution >= 0.6 is 11.6 Å². The van der Waals surface area contributed by atoms with E-state index in [1.54, 1.807) is 31.2 Å². The fraction of sp³-hybridized carbons (Fsp3) is 0.0667. The van der Waals surface area contributed by atoms with Gasteiger partial charge in [-0.05, 0) is 35.9 Å². The molecule has 0 saturated carbocycles. The molecule has 1 N–H and O–H groups in total. The molecule has 112 valence electrons. The SMILES string of the molecule is Cc1cc(Cl)nc(NS(=O)(=O)c2ccc3ccccc3c2)n1. The second-order valence-corrected chi connectivity index (χ2v) is 6.84. The molecule has 0 aliphatic heterocycles. The fourth-order valence-electron chi connectivity index (χ4n) is 2.09. The largest absolute Gasteiger partial charge is 0.264 e. The van der Waals surface area contributed by atoms with Crippen LogP contribution in [0.4, 0.5) is 5.95 Å². The van der Waals surface area contributed by atoms with E-state index in [0.29, 0.717) is 5.69 Å². The highest BCUT2D eigenvalue weighted by Crippen LogP contribution is 2.21. The molecule has 0 aliphatic rings. The summed E-state index contributed by atoms with van der Waals surface area (Å²) in [7, 11) is -3.77. The van der Waals surface area contributed by atoms with E-state index in [0.717, 1.165) is 10.8 Å². The molecule has 3 rings (SSSR count). The molecule has 2 aromatic carbocycles. The second kappa shape index (κ2) is 5.55. The van der Waals surface area contributed by atoms with E-state index >= 15 is 0 Å². The van der Waals surface area contributed by atoms with Crippen molar-refractivity contribution in [2.45, 2.75) is 11.8 Å². The van der Waals surface area contributed by atoms with Gasteiger partial charge in [-0.15, -0.1) is 0 Å². The molecule has 1 aromatic heterocycles. The zero-order valence-electron chi connectivity index (χ0n) is 11.6. The first kappa shape index (κ1) is 14.7. The molecule has 0 radical (unpaired) electrons. The number of nitrogens with zero attached hydrogens (tertiary/aromatic N) is 2. The van der Waals surface area contributed by atoms with Gasteiger partial charge < -0.3 is 0 Å². The van der Waals surface area contributed by atoms with Gasteiger partial charge in [0.05, 0.1) is 4.90 Å². The first-order valence-electron chi connectivity index (χ1n) is 6.47. The van der Waals surface area contributed by atoms with E-state index in [1.165, 1.54) is 0 Å². The molecule has 0 fully saturated rings. The molecule has 0 aliphatic carbocycles. The smallest absolute Gasteiger partial charge is 0.247 e. The van der Waals surface area contributed by atoms with Gasteiger partial charge in [0.15, 0.2) is 0 Å². The highest BCUT2D eigenvalue weighted by Gasteiger charge is 2.16. The molecule has 1 heterocycles. The number of fused-ring (bicyclic) bond motifs is 1. The van der Waals surface area contributed by atoms with Crippen LogP contribution in [0, 0.1) is 6.92 Å². The molecule has 22 heavy (non-hydrogen) atoms. The van der Waals surface area contributed by atoms with E-state index in [4.69, 9.17) is 11.6 Å². The topological polar surface area (TPSA) is 72.0 Å². The number of hydrogen-bond acceptors (Lipinski definition) is 4. The first-order valence-corrected chi connectivity index (χ1v) is 8.33. The van der Waals surface area contributed by atoms with Gasteiger partial charge in [-0.25, -0.2) is 23.1 Å². The maximum absolute atomic E-state index is 12.4. The summed E-state index contributed by atoms with van der Waals surface area (Å²) in [6, 6.07) is 14.0. The minimum Gasteiger partial charge on any atom is -0.247 e. The number of hydrogen-bond donors (Lipinski definition) is 1. The van der Waals surface area contributed by atoms with E-state index in [-0.39, 0.29) is 16.0 Å². The predicted octanol–water partition coefficient (Wildman–Crippen LogP) is 3.39. The molecule has 0 amide bonds. The monoisotopic (exact) mass is 333 g/mol. The lowest BCUT2D eigenvalue weighted by Gasteiger charge is -2.08. The van der Waals surface area contributed by atoms with Crippen molar-refractivity contribution in [2.24, 2.45) is 0 Å². The van der Waals surface area contributed by atoms with Crippen molar-refractivity contribution in [1.82, 2.24) is 9.97 Å². The first-order chi connectivity index (χ1) is 10.4. The number of benzene rings is 2. The van der Waals surface area contributed by atoms with Crippen molar-refractivity contribution in [3.8, 4) is 0 Å². The van der Waals surface area contributed by atoms with Crippen LogP contribution in [0.5, 0.6) is 0 Å². The average molecular weight is 334 g/mol. The zero-order valence-corrected chi connectivity index (χ0v) is 13.2. The third kappa shape index (κ3) is 3.03. The Balaban J connectivity index is 2.00. The number of rotatable bonds is 3. The number of aryl methyl sites for hydroxylation is 1. The van der Waals surface area contributed by atoms with Crippen molar-refractivity contribution < 1.29 is 8.42 Å². The van der Waals surface area contributed by atoms with Crippen LogP contribution in [0.15, 0.2) is 53.4 Å². The molecule has 0 atom stereocenters. The van der Waals surface area contributed by atoms with Gasteiger partial charge in [-0.2, -0.15) is 0 Å². The minimum atomic E-state index is -3.77. The lowest BCUT2D eigenvalue weighted by molar-refractivity contribution is 0.601. The van der Waals surface area contributed by atoms with Gasteiger partial charge in [-0.1, -0.05) is 41.9 Å². The minimum absolute atomic E-state index is 0.0434. The van der Waals surface area contributed by atoms with E-state index in [1.807, 2.05) is 24.3 Å². The van der Waals surface area contributed by atoms with Crippen molar-refractivity contribution in [2.75, 3.05) is 4.72 Å². The summed E-state index contributed by atoms with van der Waals surface area (Å²) in [6.45, 7) is 1.71. The summed E-state index contributed by atoms with van der Waals surface area (Å²) in [5, 5.41) is 1.99. The van der Waals surface area contributed by atoms with E-state index in [9.17, 15) is 8.42 Å². The van der Waals surface area contributed by atoms with Crippen LogP contribution in [0.3, 0.4) is 0 Å². The maximum atomic E-state index is 12.4. The molecule has 0 unspecified atom stereocenters. The lowest BCUT2D eigenvalue weighted by Crippen LogP contribution is -2.15. The molecule has 7 heteroatoms. The molecule has 0 bridgehead atoms. The molecular weight excluding hydrogens is 322 g/mol. The predicted molar refractivity (Wildman–Crippen MR) is 86.5 cm³/mol. The van der Waals surface area contributed by atoms with Crippen LogP contribution < -0.4 is 4.72 Å². The summed E-state index contributed by atoms with van der Waals surface area (Å²) in [6.07, 6.45) is 0. The van der Waals surface area contributed by atoms with E-state index in [2.05, 4.69) is 14.7 Å². The fourth-order valence-corrected chi connectivity index (χ4v) is 3.31. The number of sulfonamides is 1. The van der Waals surface area contributed by atoms with Crippen LogP contribution in [0.2, 0.25) is 5.15 Å². The van der Waals surface area contributed by atoms with Crippen LogP contribution in [-0.4, -0.2) is 18.4 Å². The average Bonchev–Trinajstić information content (AvgIpc) is 2.45. The second-order valence-electron chi connectivity index (χ2n) is 4.77. The van der Waals surface area contributed by atoms with Gasteiger partial charge in [0.25, 0.3) is 10.0 Å². The van der Waals surface area contributed by atoms with Crippen molar-refractivity contribution in [3.05, 3.63) is 59.4 Å². The third-order valence-corrected chi connectivity index (χ3v) is 4.60. The highest BCUT2D eigenvalue weighted by molar-refractivity contribution is 7.92. The zero-order chi connectivity index (χ0) is 15.7. The third-order valence-electron chi connectivity index (χ3n) is 3.08.